The third-order valence-corrected chi connectivity index (χ3v) is 4.71. The molecule has 5 heteroatoms. The van der Waals surface area contributed by atoms with Gasteiger partial charge in [0.25, 0.3) is 5.91 Å². The fourth-order valence-electron chi connectivity index (χ4n) is 3.05. The van der Waals surface area contributed by atoms with Crippen LogP contribution in [0.5, 0.6) is 0 Å². The number of para-hydroxylation sites is 1. The van der Waals surface area contributed by atoms with Crippen molar-refractivity contribution in [1.29, 1.82) is 0 Å². The molecule has 1 fully saturated rings. The number of aryl methyl sites for hydroxylation is 1. The van der Waals surface area contributed by atoms with Crippen LogP contribution in [0.2, 0.25) is 5.02 Å². The number of carbonyl (C=O) groups excluding carboxylic acids is 1. The number of carbonyl (C=O) groups is 1. The van der Waals surface area contributed by atoms with Gasteiger partial charge in [0.15, 0.2) is 6.54 Å². The second kappa shape index (κ2) is 7.69. The molecule has 1 aliphatic heterocycles. The third kappa shape index (κ3) is 4.28. The zero-order chi connectivity index (χ0) is 16.9. The summed E-state index contributed by atoms with van der Waals surface area (Å²) < 4.78 is 0. The molecule has 0 unspecified atom stereocenters. The van der Waals surface area contributed by atoms with E-state index in [9.17, 15) is 4.79 Å². The predicted molar refractivity (Wildman–Crippen MR) is 99.0 cm³/mol. The lowest BCUT2D eigenvalue weighted by Gasteiger charge is -2.33. The number of anilines is 2. The Balaban J connectivity index is 1.51. The number of nitrogens with one attached hydrogen (secondary N) is 2. The van der Waals surface area contributed by atoms with Crippen molar-refractivity contribution in [1.82, 2.24) is 0 Å². The van der Waals surface area contributed by atoms with Gasteiger partial charge >= 0.3 is 0 Å². The van der Waals surface area contributed by atoms with E-state index in [4.69, 9.17) is 11.6 Å². The van der Waals surface area contributed by atoms with E-state index < -0.39 is 0 Å². The number of piperazine rings is 1. The van der Waals surface area contributed by atoms with E-state index in [0.717, 1.165) is 37.4 Å². The van der Waals surface area contributed by atoms with Crippen molar-refractivity contribution >= 4 is 28.9 Å². The highest BCUT2D eigenvalue weighted by molar-refractivity contribution is 6.31. The number of hydrogen-bond donors (Lipinski definition) is 2. The zero-order valence-corrected chi connectivity index (χ0v) is 14.6. The largest absolute Gasteiger partial charge is 0.360 e. The first-order chi connectivity index (χ1) is 11.6. The number of amides is 1. The minimum atomic E-state index is 0.0449. The fourth-order valence-corrected chi connectivity index (χ4v) is 3.22. The van der Waals surface area contributed by atoms with Crippen molar-refractivity contribution in [3.8, 4) is 0 Å². The number of benzene rings is 2. The molecule has 0 radical (unpaired) electrons. The van der Waals surface area contributed by atoms with Gasteiger partial charge in [-0.25, -0.2) is 0 Å². The molecule has 1 saturated heterocycles. The molecule has 1 aliphatic rings. The SMILES string of the molecule is Cc1ccc(Cl)cc1NC(=O)C[NH+]1CCN(c2ccccc2)CC1. The number of hydrogen-bond acceptors (Lipinski definition) is 2. The lowest BCUT2D eigenvalue weighted by molar-refractivity contribution is -0.892. The summed E-state index contributed by atoms with van der Waals surface area (Å²) in [7, 11) is 0. The van der Waals surface area contributed by atoms with Gasteiger partial charge in [0, 0.05) is 16.4 Å². The smallest absolute Gasteiger partial charge is 0.279 e. The Morgan fingerprint density at radius 2 is 1.88 bits per heavy atom. The third-order valence-electron chi connectivity index (χ3n) is 4.48. The Hall–Kier alpha value is -2.04. The predicted octanol–water partition coefficient (Wildman–Crippen LogP) is 1.99. The number of quaternary nitrogens is 1. The zero-order valence-electron chi connectivity index (χ0n) is 13.9. The molecular formula is C19H23ClN3O+. The van der Waals surface area contributed by atoms with E-state index in [1.54, 1.807) is 6.07 Å². The van der Waals surface area contributed by atoms with Crippen LogP contribution in [0.25, 0.3) is 0 Å². The molecule has 0 atom stereocenters. The number of halogens is 1. The molecule has 2 aromatic rings. The highest BCUT2D eigenvalue weighted by Crippen LogP contribution is 2.19. The summed E-state index contributed by atoms with van der Waals surface area (Å²) in [4.78, 5) is 16.0. The van der Waals surface area contributed by atoms with Crippen LogP contribution in [0.4, 0.5) is 11.4 Å². The molecule has 1 amide bonds. The van der Waals surface area contributed by atoms with Crippen LogP contribution in [-0.4, -0.2) is 38.6 Å². The molecule has 0 saturated carbocycles. The number of rotatable bonds is 4. The van der Waals surface area contributed by atoms with Gasteiger partial charge in [0.1, 0.15) is 0 Å². The summed E-state index contributed by atoms with van der Waals surface area (Å²) in [6.07, 6.45) is 0. The van der Waals surface area contributed by atoms with Crippen molar-refractivity contribution in [2.24, 2.45) is 0 Å². The molecule has 2 N–H and O–H groups in total. The second-order valence-corrected chi connectivity index (χ2v) is 6.69. The molecule has 0 aliphatic carbocycles. The lowest BCUT2D eigenvalue weighted by atomic mass is 10.2. The van der Waals surface area contributed by atoms with E-state index >= 15 is 0 Å². The summed E-state index contributed by atoms with van der Waals surface area (Å²) in [5, 5.41) is 3.62. The molecule has 24 heavy (non-hydrogen) atoms. The van der Waals surface area contributed by atoms with Crippen LogP contribution in [0.3, 0.4) is 0 Å². The fraction of sp³-hybridized carbons (Fsp3) is 0.316. The summed E-state index contributed by atoms with van der Waals surface area (Å²) >= 11 is 6.00. The van der Waals surface area contributed by atoms with E-state index in [1.165, 1.54) is 10.6 Å². The lowest BCUT2D eigenvalue weighted by Crippen LogP contribution is -3.15. The second-order valence-electron chi connectivity index (χ2n) is 6.26. The first kappa shape index (κ1) is 16.8. The highest BCUT2D eigenvalue weighted by atomic mass is 35.5. The van der Waals surface area contributed by atoms with Crippen LogP contribution in [0.1, 0.15) is 5.56 Å². The molecule has 126 valence electrons. The van der Waals surface area contributed by atoms with Crippen LogP contribution in [0, 0.1) is 6.92 Å². The van der Waals surface area contributed by atoms with Gasteiger partial charge in [-0.1, -0.05) is 35.9 Å². The van der Waals surface area contributed by atoms with Gasteiger partial charge in [-0.3, -0.25) is 4.79 Å². The molecule has 0 bridgehead atoms. The summed E-state index contributed by atoms with van der Waals surface area (Å²) in [6.45, 7) is 6.35. The molecule has 0 aromatic heterocycles. The Morgan fingerprint density at radius 3 is 2.58 bits per heavy atom. The quantitative estimate of drug-likeness (QED) is 0.890. The maximum atomic E-state index is 12.3. The highest BCUT2D eigenvalue weighted by Gasteiger charge is 2.22. The molecule has 0 spiro atoms. The maximum absolute atomic E-state index is 12.3. The first-order valence-corrected chi connectivity index (χ1v) is 8.69. The van der Waals surface area contributed by atoms with Gasteiger partial charge in [-0.05, 0) is 36.8 Å². The van der Waals surface area contributed by atoms with Gasteiger partial charge < -0.3 is 15.1 Å². The normalized spacial score (nSPS) is 15.3. The average molecular weight is 345 g/mol. The first-order valence-electron chi connectivity index (χ1n) is 8.31. The monoisotopic (exact) mass is 344 g/mol. The standard InChI is InChI=1S/C19H22ClN3O/c1-15-7-8-16(20)13-18(15)21-19(24)14-22-9-11-23(12-10-22)17-5-3-2-4-6-17/h2-8,13H,9-12,14H2,1H3,(H,21,24)/p+1. The van der Waals surface area contributed by atoms with Crippen LogP contribution < -0.4 is 15.1 Å². The van der Waals surface area contributed by atoms with Gasteiger partial charge in [0.05, 0.1) is 26.2 Å². The Kier molecular flexibility index (Phi) is 5.38. The Labute approximate surface area is 148 Å². The van der Waals surface area contributed by atoms with E-state index in [2.05, 4.69) is 34.5 Å². The minimum Gasteiger partial charge on any atom is -0.360 e. The molecule has 3 rings (SSSR count). The molecule has 4 nitrogen and oxygen atoms in total. The summed E-state index contributed by atoms with van der Waals surface area (Å²) in [6, 6.07) is 16.0. The van der Waals surface area contributed by atoms with Crippen molar-refractivity contribution in [3.05, 3.63) is 59.1 Å². The van der Waals surface area contributed by atoms with Gasteiger partial charge in [-0.2, -0.15) is 0 Å². The number of nitrogens with zero attached hydrogens (tertiary/aromatic N) is 1. The molecule has 1 heterocycles. The van der Waals surface area contributed by atoms with Crippen molar-refractivity contribution in [3.63, 3.8) is 0 Å². The maximum Gasteiger partial charge on any atom is 0.279 e. The summed E-state index contributed by atoms with van der Waals surface area (Å²) in [5.74, 6) is 0.0449. The van der Waals surface area contributed by atoms with E-state index in [-0.39, 0.29) is 5.91 Å². The minimum absolute atomic E-state index is 0.0449. The van der Waals surface area contributed by atoms with Gasteiger partial charge in [-0.15, -0.1) is 0 Å². The van der Waals surface area contributed by atoms with Crippen molar-refractivity contribution < 1.29 is 9.69 Å². The van der Waals surface area contributed by atoms with Crippen molar-refractivity contribution in [2.75, 3.05) is 42.9 Å². The van der Waals surface area contributed by atoms with Crippen LogP contribution >= 0.6 is 11.6 Å². The Bertz CT molecular complexity index is 697. The van der Waals surface area contributed by atoms with E-state index in [1.807, 2.05) is 25.1 Å². The van der Waals surface area contributed by atoms with Crippen molar-refractivity contribution in [2.45, 2.75) is 6.92 Å². The van der Waals surface area contributed by atoms with Crippen LogP contribution in [-0.2, 0) is 4.79 Å². The molecular weight excluding hydrogens is 322 g/mol. The van der Waals surface area contributed by atoms with E-state index in [0.29, 0.717) is 11.6 Å². The topological polar surface area (TPSA) is 36.8 Å². The molecule has 2 aromatic carbocycles. The Morgan fingerprint density at radius 1 is 1.17 bits per heavy atom. The van der Waals surface area contributed by atoms with Gasteiger partial charge in [0.2, 0.25) is 0 Å². The summed E-state index contributed by atoms with van der Waals surface area (Å²) in [5.41, 5.74) is 3.09. The average Bonchev–Trinajstić information content (AvgIpc) is 2.59. The van der Waals surface area contributed by atoms with Crippen LogP contribution in [0.15, 0.2) is 48.5 Å².